The number of piperidine rings is 1. The van der Waals surface area contributed by atoms with Crippen LogP contribution in [0.15, 0.2) is 109 Å². The number of nitrogens with zero attached hydrogens (tertiary/aromatic N) is 2. The summed E-state index contributed by atoms with van der Waals surface area (Å²) in [6, 6.07) is 31.9. The van der Waals surface area contributed by atoms with E-state index in [0.717, 1.165) is 23.4 Å². The number of ketones is 1. The molecule has 0 radical (unpaired) electrons. The maximum absolute atomic E-state index is 13.8. The van der Waals surface area contributed by atoms with Crippen molar-refractivity contribution in [3.05, 3.63) is 137 Å². The fourth-order valence-corrected chi connectivity index (χ4v) is 6.01. The average Bonchev–Trinajstić information content (AvgIpc) is 3.02. The van der Waals surface area contributed by atoms with Gasteiger partial charge in [0.15, 0.2) is 5.78 Å². The Bertz CT molecular complexity index is 1520. The summed E-state index contributed by atoms with van der Waals surface area (Å²) in [6.07, 6.45) is -2.72. The fourth-order valence-electron chi connectivity index (χ4n) is 6.01. The molecule has 43 heavy (non-hydrogen) atoms. The van der Waals surface area contributed by atoms with Gasteiger partial charge in [-0.3, -0.25) is 14.5 Å². The van der Waals surface area contributed by atoms with E-state index in [4.69, 9.17) is 0 Å². The number of anilines is 1. The van der Waals surface area contributed by atoms with E-state index in [-0.39, 0.29) is 30.6 Å². The number of halogens is 3. The number of amides is 1. The van der Waals surface area contributed by atoms with Gasteiger partial charge in [0.2, 0.25) is 0 Å². The molecule has 4 aromatic rings. The second kappa shape index (κ2) is 13.4. The summed E-state index contributed by atoms with van der Waals surface area (Å²) in [4.78, 5) is 31.5. The van der Waals surface area contributed by atoms with Gasteiger partial charge < -0.3 is 4.90 Å². The van der Waals surface area contributed by atoms with Crippen molar-refractivity contribution in [1.82, 2.24) is 4.90 Å². The molecule has 4 aromatic carbocycles. The van der Waals surface area contributed by atoms with Gasteiger partial charge in [-0.25, -0.2) is 0 Å². The Kier molecular flexibility index (Phi) is 9.41. The number of hydrogen-bond donors (Lipinski definition) is 0. The van der Waals surface area contributed by atoms with E-state index in [1.165, 1.54) is 0 Å². The second-order valence-corrected chi connectivity index (χ2v) is 11.1. The van der Waals surface area contributed by atoms with E-state index in [9.17, 15) is 22.8 Å². The van der Waals surface area contributed by atoms with Crippen LogP contribution in [0.2, 0.25) is 0 Å². The number of benzene rings is 4. The van der Waals surface area contributed by atoms with E-state index in [1.54, 1.807) is 13.0 Å². The number of rotatable bonds is 9. The molecule has 0 saturated carbocycles. The van der Waals surface area contributed by atoms with Crippen molar-refractivity contribution in [3.8, 4) is 0 Å². The highest BCUT2D eigenvalue weighted by molar-refractivity contribution is 6.06. The van der Waals surface area contributed by atoms with Gasteiger partial charge in [0.1, 0.15) is 0 Å². The number of Topliss-reactive ketones (excluding diaryl/α,β-unsaturated/α-hetero) is 1. The first-order valence-electron chi connectivity index (χ1n) is 14.6. The first kappa shape index (κ1) is 30.2. The van der Waals surface area contributed by atoms with E-state index >= 15 is 0 Å². The van der Waals surface area contributed by atoms with Crippen LogP contribution in [0, 0.1) is 6.92 Å². The topological polar surface area (TPSA) is 40.6 Å². The zero-order valence-electron chi connectivity index (χ0n) is 24.1. The first-order valence-corrected chi connectivity index (χ1v) is 14.6. The Hall–Kier alpha value is -4.23. The van der Waals surface area contributed by atoms with E-state index in [2.05, 4.69) is 4.90 Å². The molecular weight excluding hydrogens is 549 g/mol. The number of hydrogen-bond acceptors (Lipinski definition) is 3. The number of carbonyl (C=O) groups is 2. The van der Waals surface area contributed by atoms with Gasteiger partial charge in [0.25, 0.3) is 5.91 Å². The smallest absolute Gasteiger partial charge is 0.305 e. The van der Waals surface area contributed by atoms with Gasteiger partial charge >= 0.3 is 6.18 Å². The standard InChI is InChI=1S/C36H35F3N2O2/c1-26-23-27(25-30(24-26)36(37,38)39)17-18-33(42)34(28-11-5-2-6-12-28)40-21-19-32(20-22-40)41(31-15-9-4-10-16-31)35(43)29-13-7-3-8-14-29/h2-16,23-25,32,34H,17-22H2,1H3. The lowest BCUT2D eigenvalue weighted by molar-refractivity contribution is -0.137. The van der Waals surface area contributed by atoms with Crippen molar-refractivity contribution in [2.45, 2.75) is 50.9 Å². The Labute approximate surface area is 250 Å². The SMILES string of the molecule is Cc1cc(CCC(=O)C(c2ccccc2)N2CCC(N(C(=O)c3ccccc3)c3ccccc3)CC2)cc(C(F)(F)F)c1. The number of likely N-dealkylation sites (tertiary alicyclic amines) is 1. The van der Waals surface area contributed by atoms with Gasteiger partial charge in [-0.05, 0) is 73.7 Å². The van der Waals surface area contributed by atoms with E-state index in [1.807, 2.05) is 95.9 Å². The van der Waals surface area contributed by atoms with Crippen LogP contribution in [-0.2, 0) is 17.4 Å². The molecule has 1 fully saturated rings. The lowest BCUT2D eigenvalue weighted by atomic mass is 9.92. The van der Waals surface area contributed by atoms with Gasteiger partial charge in [0.05, 0.1) is 11.6 Å². The summed E-state index contributed by atoms with van der Waals surface area (Å²) >= 11 is 0. The molecule has 1 atom stereocenters. The largest absolute Gasteiger partial charge is 0.416 e. The monoisotopic (exact) mass is 584 g/mol. The van der Waals surface area contributed by atoms with Crippen LogP contribution in [0.4, 0.5) is 18.9 Å². The molecule has 0 N–H and O–H groups in total. The molecule has 1 heterocycles. The van der Waals surface area contributed by atoms with Crippen LogP contribution >= 0.6 is 0 Å². The average molecular weight is 585 g/mol. The van der Waals surface area contributed by atoms with Gasteiger partial charge in [-0.2, -0.15) is 13.2 Å². The third kappa shape index (κ3) is 7.41. The summed E-state index contributed by atoms with van der Waals surface area (Å²) in [6.45, 7) is 2.84. The summed E-state index contributed by atoms with van der Waals surface area (Å²) in [5.74, 6) is -0.0858. The highest BCUT2D eigenvalue weighted by Crippen LogP contribution is 2.33. The fraction of sp³-hybridized carbons (Fsp3) is 0.278. The van der Waals surface area contributed by atoms with Crippen molar-refractivity contribution in [3.63, 3.8) is 0 Å². The van der Waals surface area contributed by atoms with Crippen molar-refractivity contribution >= 4 is 17.4 Å². The van der Waals surface area contributed by atoms with Crippen molar-refractivity contribution in [1.29, 1.82) is 0 Å². The van der Waals surface area contributed by atoms with Crippen LogP contribution in [0.5, 0.6) is 0 Å². The summed E-state index contributed by atoms with van der Waals surface area (Å²) in [5.41, 5.74) is 2.66. The van der Waals surface area contributed by atoms with Crippen molar-refractivity contribution in [2.24, 2.45) is 0 Å². The lowest BCUT2D eigenvalue weighted by Crippen LogP contribution is -2.49. The van der Waals surface area contributed by atoms with Gasteiger partial charge in [-0.15, -0.1) is 0 Å². The minimum Gasteiger partial charge on any atom is -0.305 e. The maximum Gasteiger partial charge on any atom is 0.416 e. The van der Waals surface area contributed by atoms with Crippen molar-refractivity contribution in [2.75, 3.05) is 18.0 Å². The van der Waals surface area contributed by atoms with E-state index in [0.29, 0.717) is 42.6 Å². The van der Waals surface area contributed by atoms with Crippen LogP contribution in [-0.4, -0.2) is 35.7 Å². The number of carbonyl (C=O) groups excluding carboxylic acids is 2. The molecule has 1 unspecified atom stereocenters. The van der Waals surface area contributed by atoms with Crippen LogP contribution in [0.3, 0.4) is 0 Å². The third-order valence-corrected chi connectivity index (χ3v) is 8.05. The molecular formula is C36H35F3N2O2. The quantitative estimate of drug-likeness (QED) is 0.200. The summed E-state index contributed by atoms with van der Waals surface area (Å²) < 4.78 is 40.2. The Morgan fingerprint density at radius 3 is 2.02 bits per heavy atom. The Balaban J connectivity index is 1.33. The number of para-hydroxylation sites is 1. The molecule has 0 spiro atoms. The Morgan fingerprint density at radius 1 is 0.837 bits per heavy atom. The van der Waals surface area contributed by atoms with Crippen molar-refractivity contribution < 1.29 is 22.8 Å². The lowest BCUT2D eigenvalue weighted by Gasteiger charge is -2.41. The van der Waals surface area contributed by atoms with Gasteiger partial charge in [0, 0.05) is 36.8 Å². The van der Waals surface area contributed by atoms with Crippen LogP contribution in [0.25, 0.3) is 0 Å². The Morgan fingerprint density at radius 2 is 1.42 bits per heavy atom. The summed E-state index contributed by atoms with van der Waals surface area (Å²) in [5, 5.41) is 0. The minimum atomic E-state index is -4.43. The molecule has 1 aliphatic heterocycles. The molecule has 7 heteroatoms. The molecule has 1 saturated heterocycles. The first-order chi connectivity index (χ1) is 20.7. The molecule has 0 aliphatic carbocycles. The van der Waals surface area contributed by atoms with E-state index < -0.39 is 17.8 Å². The zero-order valence-corrected chi connectivity index (χ0v) is 24.1. The highest BCUT2D eigenvalue weighted by Gasteiger charge is 2.35. The highest BCUT2D eigenvalue weighted by atomic mass is 19.4. The molecule has 5 rings (SSSR count). The molecule has 4 nitrogen and oxygen atoms in total. The summed E-state index contributed by atoms with van der Waals surface area (Å²) in [7, 11) is 0. The molecule has 1 amide bonds. The predicted molar refractivity (Wildman–Crippen MR) is 163 cm³/mol. The molecule has 0 aromatic heterocycles. The molecule has 222 valence electrons. The normalized spacial score (nSPS) is 15.2. The molecule has 1 aliphatic rings. The minimum absolute atomic E-state index is 0.0278. The number of alkyl halides is 3. The number of aryl methyl sites for hydroxylation is 2. The zero-order chi connectivity index (χ0) is 30.4. The predicted octanol–water partition coefficient (Wildman–Crippen LogP) is 8.07. The van der Waals surface area contributed by atoms with Crippen LogP contribution < -0.4 is 4.90 Å². The van der Waals surface area contributed by atoms with Gasteiger partial charge in [-0.1, -0.05) is 78.4 Å². The van der Waals surface area contributed by atoms with Crippen LogP contribution in [0.1, 0.15) is 57.9 Å². The third-order valence-electron chi connectivity index (χ3n) is 8.05. The maximum atomic E-state index is 13.8. The molecule has 0 bridgehead atoms. The second-order valence-electron chi connectivity index (χ2n) is 11.1.